The lowest BCUT2D eigenvalue weighted by Gasteiger charge is -2.42. The lowest BCUT2D eigenvalue weighted by atomic mass is 9.92. The second kappa shape index (κ2) is 14.5. The number of benzene rings is 2. The molecule has 0 saturated carbocycles. The predicted molar refractivity (Wildman–Crippen MR) is 196 cm³/mol. The van der Waals surface area contributed by atoms with Crippen molar-refractivity contribution in [2.75, 3.05) is 39.3 Å². The maximum absolute atomic E-state index is 14.3. The predicted octanol–water partition coefficient (Wildman–Crippen LogP) is 2.82. The molecule has 3 N–H and O–H groups in total. The van der Waals surface area contributed by atoms with E-state index in [9.17, 15) is 14.4 Å². The highest BCUT2D eigenvalue weighted by Gasteiger charge is 2.35. The van der Waals surface area contributed by atoms with Gasteiger partial charge in [0.2, 0.25) is 5.91 Å². The molecular formula is C39H46N10O3. The average molecular weight is 703 g/mol. The quantitative estimate of drug-likeness (QED) is 0.261. The van der Waals surface area contributed by atoms with Gasteiger partial charge in [0.1, 0.15) is 11.9 Å². The molecule has 1 atom stereocenters. The number of amides is 4. The maximum atomic E-state index is 14.3. The number of urea groups is 1. The van der Waals surface area contributed by atoms with Crippen LogP contribution >= 0.6 is 0 Å². The minimum atomic E-state index is -0.711. The fourth-order valence-electron chi connectivity index (χ4n) is 8.44. The molecule has 4 aliphatic heterocycles. The Bertz CT molecular complexity index is 2140. The molecule has 0 radical (unpaired) electrons. The minimum Gasteiger partial charge on any atom is -0.341 e. The molecule has 3 saturated heterocycles. The summed E-state index contributed by atoms with van der Waals surface area (Å²) in [4.78, 5) is 56.1. The Morgan fingerprint density at radius 1 is 0.942 bits per heavy atom. The largest absolute Gasteiger partial charge is 0.341 e. The molecular weight excluding hydrogens is 656 g/mol. The van der Waals surface area contributed by atoms with E-state index in [1.165, 1.54) is 0 Å². The van der Waals surface area contributed by atoms with Gasteiger partial charge < -0.3 is 20.0 Å². The maximum Gasteiger partial charge on any atom is 0.318 e. The number of likely N-dealkylation sites (tertiary alicyclic amines) is 3. The first kappa shape index (κ1) is 33.9. The average Bonchev–Trinajstić information content (AvgIpc) is 3.84. The first-order chi connectivity index (χ1) is 25.3. The molecule has 4 amide bonds. The molecule has 52 heavy (non-hydrogen) atoms. The molecule has 2 aromatic carbocycles. The van der Waals surface area contributed by atoms with Crippen LogP contribution in [0.3, 0.4) is 0 Å². The van der Waals surface area contributed by atoms with Crippen molar-refractivity contribution in [3.8, 4) is 0 Å². The van der Waals surface area contributed by atoms with Gasteiger partial charge in [-0.1, -0.05) is 29.8 Å². The molecule has 4 aromatic rings. The first-order valence-electron chi connectivity index (χ1n) is 18.6. The van der Waals surface area contributed by atoms with Crippen molar-refractivity contribution >= 4 is 34.8 Å². The second-order valence-corrected chi connectivity index (χ2v) is 14.7. The van der Waals surface area contributed by atoms with Crippen LogP contribution in [-0.4, -0.2) is 109 Å². The van der Waals surface area contributed by atoms with E-state index in [-0.39, 0.29) is 17.8 Å². The number of aromatic nitrogens is 5. The number of fused-ring (bicyclic) bond motifs is 2. The van der Waals surface area contributed by atoms with Crippen molar-refractivity contribution in [1.82, 2.24) is 45.4 Å². The monoisotopic (exact) mass is 702 g/mol. The van der Waals surface area contributed by atoms with Crippen molar-refractivity contribution in [1.29, 1.82) is 0 Å². The van der Waals surface area contributed by atoms with E-state index in [1.54, 1.807) is 11.1 Å². The van der Waals surface area contributed by atoms with Gasteiger partial charge in [0.25, 0.3) is 5.91 Å². The second-order valence-electron chi connectivity index (χ2n) is 14.7. The van der Waals surface area contributed by atoms with E-state index in [0.717, 1.165) is 83.2 Å². The number of carbonyl (C=O) groups is 3. The van der Waals surface area contributed by atoms with Crippen LogP contribution in [0.4, 0.5) is 4.79 Å². The van der Waals surface area contributed by atoms with Gasteiger partial charge in [-0.25, -0.2) is 14.8 Å². The highest BCUT2D eigenvalue weighted by atomic mass is 16.2. The zero-order valence-corrected chi connectivity index (χ0v) is 29.9. The van der Waals surface area contributed by atoms with E-state index in [1.807, 2.05) is 55.2 Å². The number of aromatic amines is 2. The summed E-state index contributed by atoms with van der Waals surface area (Å²) >= 11 is 0. The van der Waals surface area contributed by atoms with Crippen LogP contribution in [0.5, 0.6) is 0 Å². The summed E-state index contributed by atoms with van der Waals surface area (Å²) in [5.74, 6) is 1.91. The number of H-pyrrole nitrogens is 2. The summed E-state index contributed by atoms with van der Waals surface area (Å²) in [6, 6.07) is 11.2. The Morgan fingerprint density at radius 3 is 2.46 bits per heavy atom. The fourth-order valence-corrected chi connectivity index (χ4v) is 8.44. The molecule has 270 valence electrons. The SMILES string of the molecule is Cc1nc(C2CCN(C3CCN(C(=O)[C@@H](Cc4cc(C)c5[nH]ncc5c4)NC(=O)N4CCC(=C5C=c6ccccc6=NC5=O)CC4)CC3)CC2)n[nH]1. The van der Waals surface area contributed by atoms with Gasteiger partial charge in [-0.2, -0.15) is 10.2 Å². The molecule has 0 unspecified atom stereocenters. The summed E-state index contributed by atoms with van der Waals surface area (Å²) in [5, 5.41) is 20.4. The number of para-hydroxylation sites is 1. The van der Waals surface area contributed by atoms with E-state index < -0.39 is 6.04 Å². The van der Waals surface area contributed by atoms with Crippen molar-refractivity contribution in [2.45, 2.75) is 76.8 Å². The van der Waals surface area contributed by atoms with E-state index in [4.69, 9.17) is 0 Å². The Hall–Kier alpha value is -5.17. The van der Waals surface area contributed by atoms with Crippen LogP contribution in [0.15, 0.2) is 58.7 Å². The number of hydrogen-bond donors (Lipinski definition) is 3. The number of hydrogen-bond acceptors (Lipinski definition) is 7. The van der Waals surface area contributed by atoms with E-state index in [0.29, 0.717) is 68.3 Å². The highest BCUT2D eigenvalue weighted by Crippen LogP contribution is 2.29. The van der Waals surface area contributed by atoms with Gasteiger partial charge in [0, 0.05) is 60.7 Å². The lowest BCUT2D eigenvalue weighted by molar-refractivity contribution is -0.135. The minimum absolute atomic E-state index is 0.0436. The summed E-state index contributed by atoms with van der Waals surface area (Å²) in [5.41, 5.74) is 4.65. The van der Waals surface area contributed by atoms with Gasteiger partial charge in [-0.3, -0.25) is 19.8 Å². The number of piperidine rings is 3. The summed E-state index contributed by atoms with van der Waals surface area (Å²) in [7, 11) is 0. The molecule has 0 spiro atoms. The summed E-state index contributed by atoms with van der Waals surface area (Å²) < 4.78 is 0. The third kappa shape index (κ3) is 7.01. The topological polar surface area (TPSA) is 156 Å². The van der Waals surface area contributed by atoms with Crippen LogP contribution in [0.25, 0.3) is 17.0 Å². The van der Waals surface area contributed by atoms with Crippen LogP contribution in [-0.2, 0) is 16.0 Å². The first-order valence-corrected chi connectivity index (χ1v) is 18.6. The standard InChI is InChI=1S/C39H46N10O3/c1-24-19-26(20-30-23-40-45-35(24)30)21-34(38(51)48-17-11-31(12-18-48)47-13-9-28(10-14-47)36-41-25(2)44-46-36)43-39(52)49-15-7-27(8-16-49)32-22-29-5-3-4-6-33(29)42-37(32)50/h3-6,19-20,22-23,28,31,34H,7-18,21H2,1-2H3,(H,40,45)(H,43,52)(H,41,44,46)/t34-/m1/s1. The lowest BCUT2D eigenvalue weighted by Crippen LogP contribution is -2.56. The molecule has 4 aliphatic rings. The molecule has 8 rings (SSSR count). The van der Waals surface area contributed by atoms with E-state index >= 15 is 0 Å². The number of rotatable bonds is 6. The van der Waals surface area contributed by atoms with Crippen molar-refractivity contribution in [2.24, 2.45) is 4.99 Å². The van der Waals surface area contributed by atoms with Crippen LogP contribution in [0.1, 0.15) is 67.2 Å². The number of nitrogens with one attached hydrogen (secondary N) is 3. The smallest absolute Gasteiger partial charge is 0.318 e. The number of nitrogens with zero attached hydrogens (tertiary/aromatic N) is 7. The van der Waals surface area contributed by atoms with Gasteiger partial charge in [-0.15, -0.1) is 0 Å². The molecule has 0 aliphatic carbocycles. The molecule has 0 bridgehead atoms. The third-order valence-corrected chi connectivity index (χ3v) is 11.4. The normalized spacial score (nSPS) is 19.7. The van der Waals surface area contributed by atoms with Gasteiger partial charge in [0.05, 0.1) is 17.1 Å². The molecule has 13 nitrogen and oxygen atoms in total. The zero-order valence-electron chi connectivity index (χ0n) is 29.9. The third-order valence-electron chi connectivity index (χ3n) is 11.4. The van der Waals surface area contributed by atoms with Crippen molar-refractivity contribution in [3.63, 3.8) is 0 Å². The van der Waals surface area contributed by atoms with E-state index in [2.05, 4.69) is 46.7 Å². The van der Waals surface area contributed by atoms with Crippen LogP contribution in [0, 0.1) is 13.8 Å². The Labute approximate surface area is 302 Å². The zero-order chi connectivity index (χ0) is 35.8. The summed E-state index contributed by atoms with van der Waals surface area (Å²) in [6.07, 6.45) is 9.17. The van der Waals surface area contributed by atoms with Gasteiger partial charge >= 0.3 is 6.03 Å². The molecule has 3 fully saturated rings. The van der Waals surface area contributed by atoms with Gasteiger partial charge in [0.15, 0.2) is 5.82 Å². The van der Waals surface area contributed by atoms with Gasteiger partial charge in [-0.05, 0) is 94.8 Å². The van der Waals surface area contributed by atoms with Crippen molar-refractivity contribution in [3.05, 3.63) is 87.1 Å². The fraction of sp³-hybridized carbons (Fsp3) is 0.462. The number of aryl methyl sites for hydroxylation is 2. The highest BCUT2D eigenvalue weighted by molar-refractivity contribution is 6.04. The summed E-state index contributed by atoms with van der Waals surface area (Å²) in [6.45, 7) is 8.23. The molecule has 2 aromatic heterocycles. The Morgan fingerprint density at radius 2 is 1.71 bits per heavy atom. The molecule has 13 heteroatoms. The van der Waals surface area contributed by atoms with Crippen LogP contribution in [0.2, 0.25) is 0 Å². The van der Waals surface area contributed by atoms with Crippen LogP contribution < -0.4 is 15.9 Å². The molecule has 6 heterocycles. The Kier molecular flexibility index (Phi) is 9.43. The number of carbonyl (C=O) groups excluding carboxylic acids is 3. The Balaban J connectivity index is 0.925. The van der Waals surface area contributed by atoms with Crippen molar-refractivity contribution < 1.29 is 14.4 Å².